The molecule has 3 aromatic rings. The minimum Gasteiger partial charge on any atom is -0.349 e. The number of pyridine rings is 1. The first-order chi connectivity index (χ1) is 18.0. The van der Waals surface area contributed by atoms with Crippen molar-refractivity contribution in [2.24, 2.45) is 0 Å². The number of amides is 4. The minimum absolute atomic E-state index is 0.0857. The van der Waals surface area contributed by atoms with Crippen molar-refractivity contribution in [1.29, 1.82) is 0 Å². The summed E-state index contributed by atoms with van der Waals surface area (Å²) in [5, 5.41) is 5.76. The van der Waals surface area contributed by atoms with Crippen LogP contribution in [0.5, 0.6) is 0 Å². The fourth-order valence-corrected chi connectivity index (χ4v) is 4.49. The highest BCUT2D eigenvalue weighted by atomic mass is 16.2. The Bertz CT molecular complexity index is 1330. The van der Waals surface area contributed by atoms with E-state index in [0.717, 1.165) is 22.9 Å². The lowest BCUT2D eigenvalue weighted by Gasteiger charge is -2.34. The van der Waals surface area contributed by atoms with E-state index in [4.69, 9.17) is 0 Å². The number of urea groups is 1. The third-order valence-electron chi connectivity index (χ3n) is 6.46. The number of nitrogens with zero attached hydrogens (tertiary/aromatic N) is 6. The van der Waals surface area contributed by atoms with E-state index in [1.807, 2.05) is 25.1 Å². The average molecular weight is 519 g/mol. The molecule has 11 nitrogen and oxygen atoms in total. The molecule has 0 unspecified atom stereocenters. The second-order valence-electron chi connectivity index (χ2n) is 9.86. The molecule has 0 aliphatic carbocycles. The first-order valence-electron chi connectivity index (χ1n) is 12.4. The molecule has 1 aliphatic heterocycles. The molecule has 0 saturated heterocycles. The molecule has 0 spiro atoms. The largest absolute Gasteiger partial charge is 0.349 e. The zero-order valence-corrected chi connectivity index (χ0v) is 22.6. The topological polar surface area (TPSA) is 116 Å². The molecule has 200 valence electrons. The fourth-order valence-electron chi connectivity index (χ4n) is 4.49. The van der Waals surface area contributed by atoms with Gasteiger partial charge in [0.2, 0.25) is 0 Å². The Kier molecular flexibility index (Phi) is 7.65. The Morgan fingerprint density at radius 1 is 1.03 bits per heavy atom. The van der Waals surface area contributed by atoms with Crippen LogP contribution in [0.25, 0.3) is 0 Å². The van der Waals surface area contributed by atoms with Gasteiger partial charge in [0.25, 0.3) is 11.8 Å². The first-order valence-corrected chi connectivity index (χ1v) is 12.4. The smallest absolute Gasteiger partial charge is 0.321 e. The van der Waals surface area contributed by atoms with Crippen LogP contribution < -0.4 is 15.5 Å². The standard InChI is InChI=1S/C27H34N8O3/c1-17-15-34(23-12-9-20(14-28-23)26(37)32(3)4)16-22-24(30-18(2)35(17)22)25(36)29-13-19-7-10-21(11-8-19)31-27(38)33(5)6/h7-12,14,17H,13,15-16H2,1-6H3,(H,29,36)(H,31,38)/t17-/m1/s1. The van der Waals surface area contributed by atoms with Gasteiger partial charge in [-0.05, 0) is 43.7 Å². The summed E-state index contributed by atoms with van der Waals surface area (Å²) in [5.74, 6) is 1.18. The molecule has 4 amide bonds. The van der Waals surface area contributed by atoms with Crippen LogP contribution >= 0.6 is 0 Å². The lowest BCUT2D eigenvalue weighted by atomic mass is 10.1. The summed E-state index contributed by atoms with van der Waals surface area (Å²) in [6.07, 6.45) is 1.59. The number of aromatic nitrogens is 3. The Labute approximate surface area is 222 Å². The van der Waals surface area contributed by atoms with Crippen molar-refractivity contribution in [3.8, 4) is 0 Å². The molecule has 2 N–H and O–H groups in total. The predicted molar refractivity (Wildman–Crippen MR) is 145 cm³/mol. The number of carbonyl (C=O) groups is 3. The van der Waals surface area contributed by atoms with Crippen LogP contribution in [0.1, 0.15) is 50.9 Å². The molecule has 0 bridgehead atoms. The Hall–Kier alpha value is -4.41. The highest BCUT2D eigenvalue weighted by Crippen LogP contribution is 2.29. The normalized spacial score (nSPS) is 14.5. The van der Waals surface area contributed by atoms with Gasteiger partial charge < -0.3 is 29.9 Å². The van der Waals surface area contributed by atoms with Crippen LogP contribution in [-0.2, 0) is 13.1 Å². The van der Waals surface area contributed by atoms with Gasteiger partial charge in [-0.1, -0.05) is 12.1 Å². The van der Waals surface area contributed by atoms with E-state index in [2.05, 4.69) is 37.0 Å². The molecular weight excluding hydrogens is 484 g/mol. The number of hydrogen-bond donors (Lipinski definition) is 2. The molecule has 0 saturated carbocycles. The molecule has 1 aliphatic rings. The number of aryl methyl sites for hydroxylation is 1. The summed E-state index contributed by atoms with van der Waals surface area (Å²) >= 11 is 0. The quantitative estimate of drug-likeness (QED) is 0.519. The third kappa shape index (κ3) is 5.61. The van der Waals surface area contributed by atoms with E-state index in [-0.39, 0.29) is 23.9 Å². The van der Waals surface area contributed by atoms with Gasteiger partial charge in [-0.3, -0.25) is 9.59 Å². The number of nitrogens with one attached hydrogen (secondary N) is 2. The monoisotopic (exact) mass is 518 g/mol. The summed E-state index contributed by atoms with van der Waals surface area (Å²) in [6.45, 7) is 5.51. The zero-order chi connectivity index (χ0) is 27.6. The van der Waals surface area contributed by atoms with E-state index >= 15 is 0 Å². The maximum atomic E-state index is 13.2. The van der Waals surface area contributed by atoms with Crippen LogP contribution in [-0.4, -0.2) is 76.9 Å². The number of hydrogen-bond acceptors (Lipinski definition) is 6. The van der Waals surface area contributed by atoms with Gasteiger partial charge >= 0.3 is 6.03 Å². The Morgan fingerprint density at radius 2 is 1.74 bits per heavy atom. The molecule has 1 aromatic carbocycles. The third-order valence-corrected chi connectivity index (χ3v) is 6.46. The Morgan fingerprint density at radius 3 is 2.34 bits per heavy atom. The van der Waals surface area contributed by atoms with Gasteiger partial charge in [0, 0.05) is 59.2 Å². The van der Waals surface area contributed by atoms with Gasteiger partial charge in [0.1, 0.15) is 11.6 Å². The SMILES string of the molecule is Cc1nc(C(=O)NCc2ccc(NC(=O)N(C)C)cc2)c2n1[C@H](C)CN(c1ccc(C(=O)N(C)C)cn1)C2. The van der Waals surface area contributed by atoms with Crippen molar-refractivity contribution in [2.45, 2.75) is 33.0 Å². The van der Waals surface area contributed by atoms with Gasteiger partial charge in [0.05, 0.1) is 17.8 Å². The van der Waals surface area contributed by atoms with Crippen molar-refractivity contribution in [3.63, 3.8) is 0 Å². The van der Waals surface area contributed by atoms with Crippen molar-refractivity contribution < 1.29 is 14.4 Å². The molecule has 11 heteroatoms. The number of anilines is 2. The maximum Gasteiger partial charge on any atom is 0.321 e. The van der Waals surface area contributed by atoms with E-state index < -0.39 is 0 Å². The van der Waals surface area contributed by atoms with E-state index in [0.29, 0.717) is 36.6 Å². The van der Waals surface area contributed by atoms with E-state index in [9.17, 15) is 14.4 Å². The second kappa shape index (κ2) is 10.9. The second-order valence-corrected chi connectivity index (χ2v) is 9.86. The van der Waals surface area contributed by atoms with Gasteiger partial charge in [-0.2, -0.15) is 0 Å². The molecule has 0 radical (unpaired) electrons. The minimum atomic E-state index is -0.249. The summed E-state index contributed by atoms with van der Waals surface area (Å²) in [6, 6.07) is 10.8. The lowest BCUT2D eigenvalue weighted by molar-refractivity contribution is 0.0826. The van der Waals surface area contributed by atoms with Crippen molar-refractivity contribution in [2.75, 3.05) is 45.0 Å². The lowest BCUT2D eigenvalue weighted by Crippen LogP contribution is -2.38. The van der Waals surface area contributed by atoms with Crippen LogP contribution in [0.2, 0.25) is 0 Å². The highest BCUT2D eigenvalue weighted by molar-refractivity contribution is 5.94. The summed E-state index contributed by atoms with van der Waals surface area (Å²) in [5.41, 5.74) is 3.33. The maximum absolute atomic E-state index is 13.2. The molecule has 4 rings (SSSR count). The fraction of sp³-hybridized carbons (Fsp3) is 0.370. The van der Waals surface area contributed by atoms with Crippen LogP contribution in [0.15, 0.2) is 42.6 Å². The molecule has 3 heterocycles. The molecular formula is C27H34N8O3. The van der Waals surface area contributed by atoms with Crippen LogP contribution in [0.4, 0.5) is 16.3 Å². The number of carbonyl (C=O) groups excluding carboxylic acids is 3. The van der Waals surface area contributed by atoms with Crippen LogP contribution in [0, 0.1) is 6.92 Å². The predicted octanol–water partition coefficient (Wildman–Crippen LogP) is 2.89. The van der Waals surface area contributed by atoms with Crippen molar-refractivity contribution >= 4 is 29.4 Å². The Balaban J connectivity index is 1.46. The molecule has 38 heavy (non-hydrogen) atoms. The zero-order valence-electron chi connectivity index (χ0n) is 22.6. The molecule has 0 fully saturated rings. The first kappa shape index (κ1) is 26.6. The van der Waals surface area contributed by atoms with Gasteiger partial charge in [-0.15, -0.1) is 0 Å². The van der Waals surface area contributed by atoms with Gasteiger partial charge in [-0.25, -0.2) is 14.8 Å². The van der Waals surface area contributed by atoms with Crippen molar-refractivity contribution in [1.82, 2.24) is 29.7 Å². The summed E-state index contributed by atoms with van der Waals surface area (Å²) in [4.78, 5) is 51.4. The number of fused-ring (bicyclic) bond motifs is 1. The average Bonchev–Trinajstić information content (AvgIpc) is 3.24. The number of rotatable bonds is 6. The van der Waals surface area contributed by atoms with Crippen LogP contribution in [0.3, 0.4) is 0 Å². The van der Waals surface area contributed by atoms with E-state index in [1.54, 1.807) is 52.6 Å². The highest BCUT2D eigenvalue weighted by Gasteiger charge is 2.30. The number of imidazole rings is 1. The van der Waals surface area contributed by atoms with Gasteiger partial charge in [0.15, 0.2) is 5.69 Å². The molecule has 1 atom stereocenters. The summed E-state index contributed by atoms with van der Waals surface area (Å²) in [7, 11) is 6.77. The molecule has 2 aromatic heterocycles. The number of benzene rings is 1. The van der Waals surface area contributed by atoms with Crippen molar-refractivity contribution in [3.05, 3.63) is 70.9 Å². The van der Waals surface area contributed by atoms with E-state index in [1.165, 1.54) is 9.80 Å². The summed E-state index contributed by atoms with van der Waals surface area (Å²) < 4.78 is 2.11.